The molecule has 0 radical (unpaired) electrons. The average Bonchev–Trinajstić information content (AvgIpc) is 3.00. The van der Waals surface area contributed by atoms with Crippen molar-refractivity contribution in [2.75, 3.05) is 14.2 Å². The van der Waals surface area contributed by atoms with Gasteiger partial charge in [0.15, 0.2) is 0 Å². The largest absolute Gasteiger partial charge is 0.497 e. The fraction of sp³-hybridized carbons (Fsp3) is 0.312. The minimum Gasteiger partial charge on any atom is -0.497 e. The van der Waals surface area contributed by atoms with Crippen LogP contribution >= 0.6 is 0 Å². The summed E-state index contributed by atoms with van der Waals surface area (Å²) in [6.07, 6.45) is 1.49. The number of carbonyl (C=O) groups excluding carboxylic acids is 1. The van der Waals surface area contributed by atoms with Crippen LogP contribution in [-0.2, 0) is 11.3 Å². The first kappa shape index (κ1) is 15.1. The van der Waals surface area contributed by atoms with E-state index in [1.165, 1.54) is 13.4 Å². The van der Waals surface area contributed by atoms with Crippen molar-refractivity contribution in [2.24, 2.45) is 0 Å². The summed E-state index contributed by atoms with van der Waals surface area (Å²) in [5, 5.41) is 3.35. The van der Waals surface area contributed by atoms with Crippen LogP contribution in [0.1, 0.15) is 34.6 Å². The number of ether oxygens (including phenoxy) is 2. The maximum atomic E-state index is 11.5. The zero-order valence-electron chi connectivity index (χ0n) is 12.4. The minimum atomic E-state index is -0.464. The van der Waals surface area contributed by atoms with Crippen LogP contribution in [0.25, 0.3) is 0 Å². The Labute approximate surface area is 123 Å². The molecule has 0 amide bonds. The van der Waals surface area contributed by atoms with Gasteiger partial charge in [-0.2, -0.15) is 0 Å². The Balaban J connectivity index is 1.99. The lowest BCUT2D eigenvalue weighted by molar-refractivity contribution is 0.0563. The number of methoxy groups -OCH3 is 2. The smallest absolute Gasteiger partial charge is 0.374 e. The van der Waals surface area contributed by atoms with Gasteiger partial charge >= 0.3 is 5.97 Å². The second-order valence-corrected chi connectivity index (χ2v) is 4.64. The summed E-state index contributed by atoms with van der Waals surface area (Å²) in [6, 6.07) is 9.76. The highest BCUT2D eigenvalue weighted by Crippen LogP contribution is 2.18. The molecule has 1 aromatic carbocycles. The molecule has 0 bridgehead atoms. The molecule has 1 heterocycles. The SMILES string of the molecule is COC(=O)c1occc1CNC(C)c1ccc(OC)cc1. The van der Waals surface area contributed by atoms with Gasteiger partial charge < -0.3 is 19.2 Å². The van der Waals surface area contributed by atoms with E-state index >= 15 is 0 Å². The molecule has 2 rings (SSSR count). The maximum Gasteiger partial charge on any atom is 0.374 e. The fourth-order valence-electron chi connectivity index (χ4n) is 2.02. The lowest BCUT2D eigenvalue weighted by Crippen LogP contribution is -2.19. The number of carbonyl (C=O) groups is 1. The van der Waals surface area contributed by atoms with E-state index in [0.717, 1.165) is 16.9 Å². The van der Waals surface area contributed by atoms with Gasteiger partial charge in [-0.1, -0.05) is 12.1 Å². The summed E-state index contributed by atoms with van der Waals surface area (Å²) in [6.45, 7) is 2.58. The van der Waals surface area contributed by atoms with Gasteiger partial charge in [-0.3, -0.25) is 0 Å². The molecule has 0 aliphatic rings. The lowest BCUT2D eigenvalue weighted by Gasteiger charge is -2.14. The van der Waals surface area contributed by atoms with Crippen LogP contribution in [0.15, 0.2) is 41.0 Å². The summed E-state index contributed by atoms with van der Waals surface area (Å²) in [5.74, 6) is 0.606. The highest BCUT2D eigenvalue weighted by Gasteiger charge is 2.16. The van der Waals surface area contributed by atoms with E-state index in [0.29, 0.717) is 6.54 Å². The number of rotatable bonds is 6. The third-order valence-electron chi connectivity index (χ3n) is 3.33. The van der Waals surface area contributed by atoms with Crippen molar-refractivity contribution in [3.05, 3.63) is 53.5 Å². The molecule has 1 unspecified atom stereocenters. The standard InChI is InChI=1S/C16H19NO4/c1-11(12-4-6-14(19-2)7-5-12)17-10-13-8-9-21-15(13)16(18)20-3/h4-9,11,17H,10H2,1-3H3. The Morgan fingerprint density at radius 2 is 1.95 bits per heavy atom. The van der Waals surface area contributed by atoms with Gasteiger partial charge in [0, 0.05) is 18.2 Å². The highest BCUT2D eigenvalue weighted by molar-refractivity contribution is 5.87. The minimum absolute atomic E-state index is 0.135. The summed E-state index contributed by atoms with van der Waals surface area (Å²) < 4.78 is 15.0. The monoisotopic (exact) mass is 289 g/mol. The zero-order chi connectivity index (χ0) is 15.2. The summed E-state index contributed by atoms with van der Waals surface area (Å²) in [7, 11) is 2.98. The Hall–Kier alpha value is -2.27. The van der Waals surface area contributed by atoms with E-state index in [9.17, 15) is 4.79 Å². The van der Waals surface area contributed by atoms with Crippen LogP contribution in [0.5, 0.6) is 5.75 Å². The van der Waals surface area contributed by atoms with Crippen molar-refractivity contribution in [3.8, 4) is 5.75 Å². The third-order valence-corrected chi connectivity index (χ3v) is 3.33. The molecule has 5 heteroatoms. The molecule has 1 aromatic heterocycles. The fourth-order valence-corrected chi connectivity index (χ4v) is 2.02. The molecule has 0 spiro atoms. The van der Waals surface area contributed by atoms with Crippen molar-refractivity contribution < 1.29 is 18.7 Å². The number of esters is 1. The van der Waals surface area contributed by atoms with Crippen LogP contribution in [-0.4, -0.2) is 20.2 Å². The van der Waals surface area contributed by atoms with Gasteiger partial charge in [0.05, 0.1) is 20.5 Å². The molecular weight excluding hydrogens is 270 g/mol. The van der Waals surface area contributed by atoms with E-state index in [1.807, 2.05) is 24.3 Å². The molecule has 21 heavy (non-hydrogen) atoms. The molecule has 0 saturated carbocycles. The molecular formula is C16H19NO4. The Kier molecular flexibility index (Phi) is 5.00. The number of nitrogens with one attached hydrogen (secondary N) is 1. The number of benzene rings is 1. The zero-order valence-corrected chi connectivity index (χ0v) is 12.4. The van der Waals surface area contributed by atoms with E-state index in [2.05, 4.69) is 17.0 Å². The van der Waals surface area contributed by atoms with Gasteiger partial charge in [0.1, 0.15) is 5.75 Å². The lowest BCUT2D eigenvalue weighted by atomic mass is 10.1. The molecule has 5 nitrogen and oxygen atoms in total. The predicted molar refractivity (Wildman–Crippen MR) is 78.3 cm³/mol. The van der Waals surface area contributed by atoms with Crippen LogP contribution in [0, 0.1) is 0 Å². The molecule has 0 aliphatic carbocycles. The molecule has 0 aliphatic heterocycles. The second-order valence-electron chi connectivity index (χ2n) is 4.64. The van der Waals surface area contributed by atoms with Crippen LogP contribution in [0.2, 0.25) is 0 Å². The van der Waals surface area contributed by atoms with Crippen LogP contribution in [0.4, 0.5) is 0 Å². The molecule has 1 atom stereocenters. The summed E-state index contributed by atoms with van der Waals surface area (Å²) in [4.78, 5) is 11.5. The molecule has 0 fully saturated rings. The normalized spacial score (nSPS) is 12.0. The number of furan rings is 1. The topological polar surface area (TPSA) is 60.7 Å². The maximum absolute atomic E-state index is 11.5. The third kappa shape index (κ3) is 3.64. The summed E-state index contributed by atoms with van der Waals surface area (Å²) in [5.41, 5.74) is 1.92. The number of hydrogen-bond acceptors (Lipinski definition) is 5. The van der Waals surface area contributed by atoms with Crippen molar-refractivity contribution in [1.29, 1.82) is 0 Å². The van der Waals surface area contributed by atoms with Gasteiger partial charge in [0.2, 0.25) is 5.76 Å². The van der Waals surface area contributed by atoms with Gasteiger partial charge in [-0.05, 0) is 30.7 Å². The first-order valence-electron chi connectivity index (χ1n) is 6.67. The van der Waals surface area contributed by atoms with Gasteiger partial charge in [0.25, 0.3) is 0 Å². The number of hydrogen-bond donors (Lipinski definition) is 1. The van der Waals surface area contributed by atoms with Crippen molar-refractivity contribution >= 4 is 5.97 Å². The molecule has 2 aromatic rings. The van der Waals surface area contributed by atoms with Crippen molar-refractivity contribution in [2.45, 2.75) is 19.5 Å². The van der Waals surface area contributed by atoms with Gasteiger partial charge in [-0.15, -0.1) is 0 Å². The van der Waals surface area contributed by atoms with E-state index in [1.54, 1.807) is 13.2 Å². The van der Waals surface area contributed by atoms with Crippen molar-refractivity contribution in [3.63, 3.8) is 0 Å². The second kappa shape index (κ2) is 6.95. The predicted octanol–water partition coefficient (Wildman–Crippen LogP) is 2.93. The Morgan fingerprint density at radius 3 is 2.57 bits per heavy atom. The van der Waals surface area contributed by atoms with Crippen LogP contribution in [0.3, 0.4) is 0 Å². The van der Waals surface area contributed by atoms with Crippen LogP contribution < -0.4 is 10.1 Å². The first-order valence-corrected chi connectivity index (χ1v) is 6.67. The molecule has 0 saturated heterocycles. The van der Waals surface area contributed by atoms with E-state index in [4.69, 9.17) is 9.15 Å². The summed E-state index contributed by atoms with van der Waals surface area (Å²) >= 11 is 0. The molecule has 1 N–H and O–H groups in total. The average molecular weight is 289 g/mol. The highest BCUT2D eigenvalue weighted by atomic mass is 16.5. The Bertz CT molecular complexity index is 589. The molecule has 112 valence electrons. The van der Waals surface area contributed by atoms with Crippen molar-refractivity contribution in [1.82, 2.24) is 5.32 Å². The Morgan fingerprint density at radius 1 is 1.24 bits per heavy atom. The van der Waals surface area contributed by atoms with E-state index < -0.39 is 5.97 Å². The quantitative estimate of drug-likeness (QED) is 0.828. The van der Waals surface area contributed by atoms with Gasteiger partial charge in [-0.25, -0.2) is 4.79 Å². The first-order chi connectivity index (χ1) is 10.2. The van der Waals surface area contributed by atoms with E-state index in [-0.39, 0.29) is 11.8 Å².